The molecule has 3 rings (SSSR count). The zero-order valence-electron chi connectivity index (χ0n) is 13.5. The van der Waals surface area contributed by atoms with E-state index in [1.165, 1.54) is 7.11 Å². The van der Waals surface area contributed by atoms with Crippen LogP contribution in [0.1, 0.15) is 15.9 Å². The number of hydrogen-bond acceptors (Lipinski definition) is 6. The van der Waals surface area contributed by atoms with Gasteiger partial charge in [-0.05, 0) is 45.8 Å². The van der Waals surface area contributed by atoms with Gasteiger partial charge in [0.1, 0.15) is 5.82 Å². The minimum Gasteiger partial charge on any atom is -0.465 e. The Balaban J connectivity index is 1.90. The van der Waals surface area contributed by atoms with Crippen molar-refractivity contribution in [1.82, 2.24) is 15.0 Å². The van der Waals surface area contributed by atoms with Crippen LogP contribution in [-0.4, -0.2) is 28.0 Å². The molecule has 0 atom stereocenters. The fourth-order valence-electron chi connectivity index (χ4n) is 2.28. The summed E-state index contributed by atoms with van der Waals surface area (Å²) in [4.78, 5) is 26.5. The molecule has 0 radical (unpaired) electrons. The smallest absolute Gasteiger partial charge is 0.337 e. The first-order chi connectivity index (χ1) is 12.2. The SMILES string of the molecule is COC(=O)c1ccc(CN(c2ccc(Br)cn2)c2cnccn2)cc1. The predicted molar refractivity (Wildman–Crippen MR) is 97.6 cm³/mol. The standard InChI is InChI=1S/C18H15BrN4O2/c1-25-18(24)14-4-2-13(3-5-14)12-23(17-11-20-8-9-21-17)16-7-6-15(19)10-22-16/h2-11H,12H2,1H3. The topological polar surface area (TPSA) is 68.2 Å². The van der Waals surface area contributed by atoms with E-state index >= 15 is 0 Å². The molecule has 2 heterocycles. The maximum Gasteiger partial charge on any atom is 0.337 e. The molecule has 7 heteroatoms. The summed E-state index contributed by atoms with van der Waals surface area (Å²) in [5, 5.41) is 0. The summed E-state index contributed by atoms with van der Waals surface area (Å²) in [6.45, 7) is 0.536. The maximum absolute atomic E-state index is 11.6. The van der Waals surface area contributed by atoms with Gasteiger partial charge in [0.2, 0.25) is 0 Å². The van der Waals surface area contributed by atoms with Crippen molar-refractivity contribution in [1.29, 1.82) is 0 Å². The lowest BCUT2D eigenvalue weighted by molar-refractivity contribution is 0.0600. The lowest BCUT2D eigenvalue weighted by atomic mass is 10.1. The molecule has 0 bridgehead atoms. The maximum atomic E-state index is 11.6. The summed E-state index contributed by atoms with van der Waals surface area (Å²) in [5.74, 6) is 1.09. The number of methoxy groups -OCH3 is 1. The third-order valence-corrected chi connectivity index (χ3v) is 4.00. The Kier molecular flexibility index (Phi) is 5.35. The molecule has 126 valence electrons. The van der Waals surface area contributed by atoms with Crippen molar-refractivity contribution in [3.8, 4) is 0 Å². The van der Waals surface area contributed by atoms with Gasteiger partial charge in [-0.1, -0.05) is 12.1 Å². The molecular weight excluding hydrogens is 384 g/mol. The molecule has 0 N–H and O–H groups in total. The van der Waals surface area contributed by atoms with Crippen molar-refractivity contribution in [2.45, 2.75) is 6.54 Å². The zero-order chi connectivity index (χ0) is 17.6. The van der Waals surface area contributed by atoms with E-state index in [1.807, 2.05) is 29.2 Å². The monoisotopic (exact) mass is 398 g/mol. The highest BCUT2D eigenvalue weighted by Gasteiger charge is 2.14. The van der Waals surface area contributed by atoms with E-state index in [1.54, 1.807) is 36.9 Å². The van der Waals surface area contributed by atoms with E-state index < -0.39 is 0 Å². The van der Waals surface area contributed by atoms with E-state index in [0.717, 1.165) is 15.9 Å². The van der Waals surface area contributed by atoms with Crippen molar-refractivity contribution in [2.75, 3.05) is 12.0 Å². The lowest BCUT2D eigenvalue weighted by Crippen LogP contribution is -2.19. The average molecular weight is 399 g/mol. The van der Waals surface area contributed by atoms with Gasteiger partial charge in [-0.15, -0.1) is 0 Å². The fraction of sp³-hybridized carbons (Fsp3) is 0.111. The molecule has 0 fully saturated rings. The highest BCUT2D eigenvalue weighted by atomic mass is 79.9. The molecule has 0 aliphatic rings. The molecule has 25 heavy (non-hydrogen) atoms. The van der Waals surface area contributed by atoms with E-state index in [4.69, 9.17) is 4.74 Å². The number of aromatic nitrogens is 3. The van der Waals surface area contributed by atoms with Crippen molar-refractivity contribution in [3.63, 3.8) is 0 Å². The van der Waals surface area contributed by atoms with E-state index in [-0.39, 0.29) is 5.97 Å². The van der Waals surface area contributed by atoms with Crippen LogP contribution in [0.25, 0.3) is 0 Å². The lowest BCUT2D eigenvalue weighted by Gasteiger charge is -2.22. The highest BCUT2D eigenvalue weighted by Crippen LogP contribution is 2.24. The van der Waals surface area contributed by atoms with Gasteiger partial charge in [-0.25, -0.2) is 14.8 Å². The number of benzene rings is 1. The van der Waals surface area contributed by atoms with Gasteiger partial charge in [0.05, 0.1) is 25.4 Å². The largest absolute Gasteiger partial charge is 0.465 e. The first-order valence-corrected chi connectivity index (χ1v) is 8.29. The number of esters is 1. The second-order valence-corrected chi connectivity index (χ2v) is 6.09. The van der Waals surface area contributed by atoms with Crippen LogP contribution in [0.3, 0.4) is 0 Å². The first-order valence-electron chi connectivity index (χ1n) is 7.50. The van der Waals surface area contributed by atoms with E-state index in [0.29, 0.717) is 17.9 Å². The highest BCUT2D eigenvalue weighted by molar-refractivity contribution is 9.10. The summed E-state index contributed by atoms with van der Waals surface area (Å²) >= 11 is 3.39. The first kappa shape index (κ1) is 17.0. The molecule has 3 aromatic rings. The number of rotatable bonds is 5. The fourth-order valence-corrected chi connectivity index (χ4v) is 2.52. The van der Waals surface area contributed by atoms with Crippen LogP contribution in [0.2, 0.25) is 0 Å². The van der Waals surface area contributed by atoms with Gasteiger partial charge in [-0.2, -0.15) is 0 Å². The summed E-state index contributed by atoms with van der Waals surface area (Å²) in [6, 6.07) is 11.1. The van der Waals surface area contributed by atoms with Crippen LogP contribution in [0.5, 0.6) is 0 Å². The summed E-state index contributed by atoms with van der Waals surface area (Å²) in [5.41, 5.74) is 1.52. The Morgan fingerprint density at radius 3 is 2.44 bits per heavy atom. The van der Waals surface area contributed by atoms with Crippen molar-refractivity contribution in [3.05, 3.63) is 76.8 Å². The Morgan fingerprint density at radius 2 is 1.84 bits per heavy atom. The number of carbonyl (C=O) groups excluding carboxylic acids is 1. The van der Waals surface area contributed by atoms with Gasteiger partial charge >= 0.3 is 5.97 Å². The van der Waals surface area contributed by atoms with Gasteiger partial charge in [-0.3, -0.25) is 4.98 Å². The Morgan fingerprint density at radius 1 is 1.04 bits per heavy atom. The number of ether oxygens (including phenoxy) is 1. The molecule has 0 saturated carbocycles. The van der Waals surface area contributed by atoms with Gasteiger partial charge in [0, 0.05) is 23.1 Å². The molecule has 0 saturated heterocycles. The summed E-state index contributed by atoms with van der Waals surface area (Å²) in [6.07, 6.45) is 6.69. The van der Waals surface area contributed by atoms with Gasteiger partial charge < -0.3 is 9.64 Å². The number of carbonyl (C=O) groups is 1. The summed E-state index contributed by atoms with van der Waals surface area (Å²) in [7, 11) is 1.37. The molecule has 6 nitrogen and oxygen atoms in total. The minimum absolute atomic E-state index is 0.355. The number of hydrogen-bond donors (Lipinski definition) is 0. The molecule has 1 aromatic carbocycles. The minimum atomic E-state index is -0.355. The number of pyridine rings is 1. The van der Waals surface area contributed by atoms with Crippen molar-refractivity contribution >= 4 is 33.5 Å². The van der Waals surface area contributed by atoms with Crippen LogP contribution < -0.4 is 4.90 Å². The third kappa shape index (κ3) is 4.19. The molecular formula is C18H15BrN4O2. The molecule has 2 aromatic heterocycles. The molecule has 0 aliphatic carbocycles. The Bertz CT molecular complexity index is 839. The van der Waals surface area contributed by atoms with Crippen LogP contribution in [0.4, 0.5) is 11.6 Å². The van der Waals surface area contributed by atoms with Crippen LogP contribution in [0, 0.1) is 0 Å². The number of anilines is 2. The Hall–Kier alpha value is -2.80. The summed E-state index contributed by atoms with van der Waals surface area (Å²) < 4.78 is 5.63. The van der Waals surface area contributed by atoms with Crippen molar-refractivity contribution in [2.24, 2.45) is 0 Å². The van der Waals surface area contributed by atoms with Crippen molar-refractivity contribution < 1.29 is 9.53 Å². The van der Waals surface area contributed by atoms with E-state index in [9.17, 15) is 4.79 Å². The van der Waals surface area contributed by atoms with Gasteiger partial charge in [0.25, 0.3) is 0 Å². The molecule has 0 unspecified atom stereocenters. The number of nitrogens with zero attached hydrogens (tertiary/aromatic N) is 4. The molecule has 0 aliphatic heterocycles. The van der Waals surface area contributed by atoms with Gasteiger partial charge in [0.15, 0.2) is 5.82 Å². The second kappa shape index (κ2) is 7.85. The van der Waals surface area contributed by atoms with Crippen LogP contribution in [-0.2, 0) is 11.3 Å². The van der Waals surface area contributed by atoms with E-state index in [2.05, 4.69) is 30.9 Å². The number of halogens is 1. The Labute approximate surface area is 153 Å². The second-order valence-electron chi connectivity index (χ2n) is 5.17. The average Bonchev–Trinajstić information content (AvgIpc) is 2.67. The zero-order valence-corrected chi connectivity index (χ0v) is 15.0. The molecule has 0 spiro atoms. The predicted octanol–water partition coefficient (Wildman–Crippen LogP) is 3.76. The quantitative estimate of drug-likeness (QED) is 0.609. The van der Waals surface area contributed by atoms with Crippen LogP contribution >= 0.6 is 15.9 Å². The third-order valence-electron chi connectivity index (χ3n) is 3.53. The molecule has 0 amide bonds. The normalized spacial score (nSPS) is 10.3. The van der Waals surface area contributed by atoms with Crippen LogP contribution in [0.15, 0.2) is 65.7 Å².